The van der Waals surface area contributed by atoms with E-state index in [9.17, 15) is 19.8 Å². The van der Waals surface area contributed by atoms with Gasteiger partial charge in [-0.15, -0.1) is 0 Å². The smallest absolute Gasteiger partial charge is 0.305 e. The number of unbranched alkanes of at least 4 members (excludes halogenated alkanes) is 41. The first-order chi connectivity index (χ1) is 31.5. The van der Waals surface area contributed by atoms with Crippen molar-refractivity contribution in [3.63, 3.8) is 0 Å². The molecule has 0 saturated carbocycles. The van der Waals surface area contributed by atoms with Crippen molar-refractivity contribution in [3.8, 4) is 0 Å². The molecule has 0 heterocycles. The van der Waals surface area contributed by atoms with Crippen LogP contribution in [-0.2, 0) is 14.3 Å². The Kier molecular flexibility index (Phi) is 53.0. The largest absolute Gasteiger partial charge is 0.466 e. The molecule has 0 spiro atoms. The van der Waals surface area contributed by atoms with Crippen molar-refractivity contribution < 1.29 is 24.5 Å². The predicted octanol–water partition coefficient (Wildman–Crippen LogP) is 17.7. The average Bonchev–Trinajstić information content (AvgIpc) is 3.29. The summed E-state index contributed by atoms with van der Waals surface area (Å²) < 4.78 is 5.46. The van der Waals surface area contributed by atoms with Crippen molar-refractivity contribution in [2.45, 2.75) is 334 Å². The maximum absolute atomic E-state index is 12.4. The highest BCUT2D eigenvalue weighted by atomic mass is 16.5. The van der Waals surface area contributed by atoms with E-state index in [-0.39, 0.29) is 18.5 Å². The van der Waals surface area contributed by atoms with Gasteiger partial charge in [0.15, 0.2) is 0 Å². The van der Waals surface area contributed by atoms with Gasteiger partial charge in [-0.05, 0) is 51.4 Å². The van der Waals surface area contributed by atoms with Gasteiger partial charge in [0, 0.05) is 12.8 Å². The molecule has 6 nitrogen and oxygen atoms in total. The third kappa shape index (κ3) is 50.0. The van der Waals surface area contributed by atoms with Gasteiger partial charge in [0.2, 0.25) is 5.91 Å². The molecule has 0 aliphatic rings. The summed E-state index contributed by atoms with van der Waals surface area (Å²) in [5.41, 5.74) is 0. The van der Waals surface area contributed by atoms with Crippen LogP contribution in [0.3, 0.4) is 0 Å². The van der Waals surface area contributed by atoms with Crippen LogP contribution in [0.2, 0.25) is 0 Å². The molecule has 64 heavy (non-hydrogen) atoms. The van der Waals surface area contributed by atoms with E-state index in [4.69, 9.17) is 4.74 Å². The Bertz CT molecular complexity index is 955. The second-order valence-electron chi connectivity index (χ2n) is 20.0. The average molecular weight is 905 g/mol. The lowest BCUT2D eigenvalue weighted by Crippen LogP contribution is -2.45. The standard InChI is InChI=1S/C58H113NO5/c1-3-5-7-9-11-13-30-34-38-42-46-50-56(61)55(54-60)59-57(62)51-47-43-39-35-32-28-26-24-22-20-18-16-15-17-19-21-23-25-27-29-33-37-41-45-49-53-64-58(63)52-48-44-40-36-31-14-12-10-8-6-4-2/h16,18,55-56,60-61H,3-15,17,19-54H2,1-2H3,(H,59,62)/b18-16-. The summed E-state index contributed by atoms with van der Waals surface area (Å²) in [7, 11) is 0. The number of amides is 1. The molecular weight excluding hydrogens is 791 g/mol. The number of ether oxygens (including phenoxy) is 1. The van der Waals surface area contributed by atoms with Gasteiger partial charge >= 0.3 is 5.97 Å². The highest BCUT2D eigenvalue weighted by Gasteiger charge is 2.20. The summed E-state index contributed by atoms with van der Waals surface area (Å²) in [4.78, 5) is 24.4. The minimum absolute atomic E-state index is 0.0134. The van der Waals surface area contributed by atoms with E-state index < -0.39 is 12.1 Å². The number of carbonyl (C=O) groups excluding carboxylic acids is 2. The van der Waals surface area contributed by atoms with Crippen LogP contribution < -0.4 is 5.32 Å². The summed E-state index contributed by atoms with van der Waals surface area (Å²) in [5.74, 6) is -0.0246. The van der Waals surface area contributed by atoms with Crippen LogP contribution in [0.5, 0.6) is 0 Å². The van der Waals surface area contributed by atoms with Gasteiger partial charge in [-0.2, -0.15) is 0 Å². The number of hydrogen-bond acceptors (Lipinski definition) is 5. The normalized spacial score (nSPS) is 12.6. The van der Waals surface area contributed by atoms with E-state index in [1.807, 2.05) is 0 Å². The van der Waals surface area contributed by atoms with Crippen molar-refractivity contribution >= 4 is 11.9 Å². The Morgan fingerprint density at radius 2 is 0.734 bits per heavy atom. The van der Waals surface area contributed by atoms with E-state index in [0.717, 1.165) is 38.5 Å². The number of hydrogen-bond donors (Lipinski definition) is 3. The molecule has 0 rings (SSSR count). The van der Waals surface area contributed by atoms with Gasteiger partial charge in [-0.1, -0.05) is 270 Å². The van der Waals surface area contributed by atoms with Crippen LogP contribution >= 0.6 is 0 Å². The van der Waals surface area contributed by atoms with Crippen molar-refractivity contribution in [2.75, 3.05) is 13.2 Å². The summed E-state index contributed by atoms with van der Waals surface area (Å²) in [6.45, 7) is 4.95. The first kappa shape index (κ1) is 62.6. The van der Waals surface area contributed by atoms with Crippen LogP contribution in [0.15, 0.2) is 12.2 Å². The fourth-order valence-corrected chi connectivity index (χ4v) is 9.11. The van der Waals surface area contributed by atoms with E-state index >= 15 is 0 Å². The Morgan fingerprint density at radius 3 is 1.11 bits per heavy atom. The molecule has 0 radical (unpaired) electrons. The van der Waals surface area contributed by atoms with Gasteiger partial charge < -0.3 is 20.3 Å². The molecule has 0 saturated heterocycles. The number of allylic oxidation sites excluding steroid dienone is 2. The summed E-state index contributed by atoms with van der Waals surface area (Å²) in [5, 5.41) is 23.2. The Balaban J connectivity index is 3.37. The molecule has 3 N–H and O–H groups in total. The maximum Gasteiger partial charge on any atom is 0.305 e. The van der Waals surface area contributed by atoms with E-state index in [1.165, 1.54) is 250 Å². The first-order valence-corrected chi connectivity index (χ1v) is 28.9. The molecule has 2 unspecified atom stereocenters. The monoisotopic (exact) mass is 904 g/mol. The lowest BCUT2D eigenvalue weighted by Gasteiger charge is -2.22. The maximum atomic E-state index is 12.4. The highest BCUT2D eigenvalue weighted by molar-refractivity contribution is 5.76. The molecule has 0 aromatic heterocycles. The number of aliphatic hydroxyl groups excluding tert-OH is 2. The molecule has 0 aromatic carbocycles. The van der Waals surface area contributed by atoms with E-state index in [0.29, 0.717) is 25.9 Å². The van der Waals surface area contributed by atoms with Crippen LogP contribution in [0.1, 0.15) is 322 Å². The zero-order valence-corrected chi connectivity index (χ0v) is 43.3. The summed E-state index contributed by atoms with van der Waals surface area (Å²) >= 11 is 0. The lowest BCUT2D eigenvalue weighted by molar-refractivity contribution is -0.143. The minimum Gasteiger partial charge on any atom is -0.466 e. The third-order valence-corrected chi connectivity index (χ3v) is 13.6. The Labute approximate surface area is 399 Å². The van der Waals surface area contributed by atoms with E-state index in [2.05, 4.69) is 31.3 Å². The number of carbonyl (C=O) groups is 2. The van der Waals surface area contributed by atoms with Crippen LogP contribution in [-0.4, -0.2) is 47.4 Å². The van der Waals surface area contributed by atoms with Gasteiger partial charge in [-0.3, -0.25) is 9.59 Å². The second-order valence-corrected chi connectivity index (χ2v) is 20.0. The summed E-state index contributed by atoms with van der Waals surface area (Å²) in [6.07, 6.45) is 63.6. The van der Waals surface area contributed by atoms with Crippen molar-refractivity contribution in [1.29, 1.82) is 0 Å². The molecular formula is C58H113NO5. The molecule has 0 bridgehead atoms. The van der Waals surface area contributed by atoms with Crippen molar-refractivity contribution in [1.82, 2.24) is 5.32 Å². The first-order valence-electron chi connectivity index (χ1n) is 28.9. The molecule has 0 aliphatic carbocycles. The number of aliphatic hydroxyl groups is 2. The van der Waals surface area contributed by atoms with E-state index in [1.54, 1.807) is 0 Å². The predicted molar refractivity (Wildman–Crippen MR) is 278 cm³/mol. The zero-order valence-electron chi connectivity index (χ0n) is 43.3. The van der Waals surface area contributed by atoms with Gasteiger partial charge in [-0.25, -0.2) is 0 Å². The second kappa shape index (κ2) is 54.2. The zero-order chi connectivity index (χ0) is 46.5. The van der Waals surface area contributed by atoms with Crippen LogP contribution in [0.4, 0.5) is 0 Å². The quantitative estimate of drug-likeness (QED) is 0.0321. The van der Waals surface area contributed by atoms with Crippen LogP contribution in [0, 0.1) is 0 Å². The molecule has 2 atom stereocenters. The minimum atomic E-state index is -0.663. The topological polar surface area (TPSA) is 95.9 Å². The van der Waals surface area contributed by atoms with Gasteiger partial charge in [0.05, 0.1) is 25.4 Å². The SMILES string of the molecule is CCCCCCCCCCCCCC(=O)OCCCCCCCCCCCCCC/C=C\CCCCCCCCCCCC(=O)NC(CO)C(O)CCCCCCCCCCCCC. The molecule has 0 fully saturated rings. The number of esters is 1. The molecule has 6 heteroatoms. The molecule has 1 amide bonds. The fourth-order valence-electron chi connectivity index (χ4n) is 9.11. The molecule has 380 valence electrons. The van der Waals surface area contributed by atoms with Gasteiger partial charge in [0.25, 0.3) is 0 Å². The Hall–Kier alpha value is -1.40. The van der Waals surface area contributed by atoms with Crippen LogP contribution in [0.25, 0.3) is 0 Å². The van der Waals surface area contributed by atoms with Crippen molar-refractivity contribution in [2.24, 2.45) is 0 Å². The third-order valence-electron chi connectivity index (χ3n) is 13.6. The highest BCUT2D eigenvalue weighted by Crippen LogP contribution is 2.17. The lowest BCUT2D eigenvalue weighted by atomic mass is 10.0. The molecule has 0 aromatic rings. The summed E-state index contributed by atoms with van der Waals surface area (Å²) in [6, 6.07) is -0.541. The Morgan fingerprint density at radius 1 is 0.422 bits per heavy atom. The van der Waals surface area contributed by atoms with Crippen molar-refractivity contribution in [3.05, 3.63) is 12.2 Å². The fraction of sp³-hybridized carbons (Fsp3) is 0.931. The van der Waals surface area contributed by atoms with Gasteiger partial charge in [0.1, 0.15) is 0 Å². The number of rotatable bonds is 54. The molecule has 0 aliphatic heterocycles. The number of nitrogens with one attached hydrogen (secondary N) is 1.